The third-order valence-electron chi connectivity index (χ3n) is 2.64. The van der Waals surface area contributed by atoms with Crippen LogP contribution in [0.4, 0.5) is 0 Å². The molecule has 0 bridgehead atoms. The maximum atomic E-state index is 11.9. The number of ether oxygens (including phenoxy) is 4. The molecule has 0 amide bonds. The van der Waals surface area contributed by atoms with Gasteiger partial charge in [0.15, 0.2) is 0 Å². The predicted molar refractivity (Wildman–Crippen MR) is 85.7 cm³/mol. The van der Waals surface area contributed by atoms with Crippen molar-refractivity contribution in [1.82, 2.24) is 9.97 Å². The minimum Gasteiger partial charge on any atom is -0.481 e. The van der Waals surface area contributed by atoms with E-state index in [0.717, 1.165) is 0 Å². The van der Waals surface area contributed by atoms with Gasteiger partial charge in [0.05, 0.1) is 27.4 Å². The van der Waals surface area contributed by atoms with Crippen LogP contribution in [0.3, 0.4) is 0 Å². The number of carbonyl (C=O) groups is 1. The Morgan fingerprint density at radius 2 is 1.73 bits per heavy atom. The van der Waals surface area contributed by atoms with E-state index in [4.69, 9.17) is 18.9 Å². The van der Waals surface area contributed by atoms with Crippen LogP contribution in [-0.2, 0) is 4.74 Å². The van der Waals surface area contributed by atoms with Gasteiger partial charge in [0.2, 0.25) is 11.8 Å². The van der Waals surface area contributed by atoms with Crippen LogP contribution in [0.5, 0.6) is 23.5 Å². The minimum atomic E-state index is -0.505. The van der Waals surface area contributed by atoms with Gasteiger partial charge in [-0.25, -0.2) is 4.79 Å². The Hall–Kier alpha value is -2.10. The number of rotatable bonds is 5. The fourth-order valence-corrected chi connectivity index (χ4v) is 2.32. The number of hydrogen-bond acceptors (Lipinski definition) is 7. The first kappa shape index (κ1) is 16.3. The van der Waals surface area contributed by atoms with Gasteiger partial charge in [-0.2, -0.15) is 9.97 Å². The van der Waals surface area contributed by atoms with Gasteiger partial charge in [0, 0.05) is 3.57 Å². The molecule has 116 valence electrons. The van der Waals surface area contributed by atoms with Crippen LogP contribution in [0, 0.1) is 3.57 Å². The minimum absolute atomic E-state index is 0.00310. The molecule has 2 rings (SSSR count). The van der Waals surface area contributed by atoms with Crippen molar-refractivity contribution in [3.8, 4) is 23.5 Å². The molecule has 7 nitrogen and oxygen atoms in total. The molecule has 0 aliphatic rings. The lowest BCUT2D eigenvalue weighted by molar-refractivity contribution is 0.0596. The molecule has 2 aromatic rings. The third kappa shape index (κ3) is 3.56. The van der Waals surface area contributed by atoms with E-state index < -0.39 is 5.97 Å². The summed E-state index contributed by atoms with van der Waals surface area (Å²) in [5.74, 6) is 0.350. The van der Waals surface area contributed by atoms with Crippen LogP contribution in [0.15, 0.2) is 24.3 Å². The van der Waals surface area contributed by atoms with Gasteiger partial charge in [-0.05, 0) is 34.7 Å². The Bertz CT molecular complexity index is 671. The molecule has 0 aliphatic carbocycles. The predicted octanol–water partition coefficient (Wildman–Crippen LogP) is 2.68. The van der Waals surface area contributed by atoms with Gasteiger partial charge in [-0.3, -0.25) is 0 Å². The van der Waals surface area contributed by atoms with E-state index in [1.165, 1.54) is 27.4 Å². The number of halogens is 1. The molecule has 8 heteroatoms. The molecule has 0 spiro atoms. The van der Waals surface area contributed by atoms with Gasteiger partial charge >= 0.3 is 12.0 Å². The van der Waals surface area contributed by atoms with Crippen LogP contribution in [0.25, 0.3) is 0 Å². The van der Waals surface area contributed by atoms with Crippen molar-refractivity contribution >= 4 is 28.6 Å². The summed E-state index contributed by atoms with van der Waals surface area (Å²) in [5, 5.41) is 0. The third-order valence-corrected chi connectivity index (χ3v) is 3.54. The first-order valence-corrected chi connectivity index (χ1v) is 7.18. The molecule has 0 fully saturated rings. The maximum absolute atomic E-state index is 11.9. The summed E-state index contributed by atoms with van der Waals surface area (Å²) in [4.78, 5) is 20.0. The van der Waals surface area contributed by atoms with E-state index in [0.29, 0.717) is 9.13 Å². The van der Waals surface area contributed by atoms with Crippen LogP contribution < -0.4 is 14.2 Å². The van der Waals surface area contributed by atoms with E-state index in [-0.39, 0.29) is 23.5 Å². The van der Waals surface area contributed by atoms with Crippen LogP contribution in [0.1, 0.15) is 10.4 Å². The lowest BCUT2D eigenvalue weighted by Gasteiger charge is -2.11. The normalized spacial score (nSPS) is 10.0. The van der Waals surface area contributed by atoms with Gasteiger partial charge in [0.1, 0.15) is 11.3 Å². The topological polar surface area (TPSA) is 79.8 Å². The van der Waals surface area contributed by atoms with E-state index in [1.54, 1.807) is 18.2 Å². The second-order valence-corrected chi connectivity index (χ2v) is 5.10. The fraction of sp³-hybridized carbons (Fsp3) is 0.214. The average molecular weight is 416 g/mol. The average Bonchev–Trinajstić information content (AvgIpc) is 2.54. The SMILES string of the molecule is COC(=O)c1c(I)cccc1Oc1nc(OC)cc(OC)n1. The molecule has 0 unspecified atom stereocenters. The van der Waals surface area contributed by atoms with Crippen molar-refractivity contribution in [2.24, 2.45) is 0 Å². The number of carbonyl (C=O) groups excluding carboxylic acids is 1. The zero-order valence-electron chi connectivity index (χ0n) is 12.1. The second kappa shape index (κ2) is 7.25. The molecule has 0 atom stereocenters. The zero-order valence-corrected chi connectivity index (χ0v) is 14.3. The number of esters is 1. The molecule has 1 heterocycles. The van der Waals surface area contributed by atoms with E-state index in [9.17, 15) is 4.79 Å². The number of nitrogens with zero attached hydrogens (tertiary/aromatic N) is 2. The van der Waals surface area contributed by atoms with Crippen molar-refractivity contribution in [3.05, 3.63) is 33.4 Å². The molecular weight excluding hydrogens is 403 g/mol. The van der Waals surface area contributed by atoms with Gasteiger partial charge in [-0.15, -0.1) is 0 Å². The highest BCUT2D eigenvalue weighted by atomic mass is 127. The standard InChI is InChI=1S/C14H13IN2O5/c1-19-10-7-11(20-2)17-14(16-10)22-9-6-4-5-8(15)12(9)13(18)21-3/h4-7H,1-3H3. The van der Waals surface area contributed by atoms with Crippen LogP contribution >= 0.6 is 22.6 Å². The fourth-order valence-electron chi connectivity index (χ4n) is 1.63. The van der Waals surface area contributed by atoms with Crippen LogP contribution in [-0.4, -0.2) is 37.3 Å². The van der Waals surface area contributed by atoms with Gasteiger partial charge in [-0.1, -0.05) is 6.07 Å². The lowest BCUT2D eigenvalue weighted by Crippen LogP contribution is -2.07. The highest BCUT2D eigenvalue weighted by Crippen LogP contribution is 2.29. The van der Waals surface area contributed by atoms with Crippen molar-refractivity contribution in [2.75, 3.05) is 21.3 Å². The Morgan fingerprint density at radius 1 is 1.09 bits per heavy atom. The Labute approximate surface area is 140 Å². The molecule has 1 aromatic heterocycles. The smallest absolute Gasteiger partial charge is 0.342 e. The largest absolute Gasteiger partial charge is 0.481 e. The summed E-state index contributed by atoms with van der Waals surface area (Å²) in [7, 11) is 4.24. The second-order valence-electron chi connectivity index (χ2n) is 3.94. The molecular formula is C14H13IN2O5. The van der Waals surface area contributed by atoms with E-state index in [2.05, 4.69) is 9.97 Å². The van der Waals surface area contributed by atoms with Crippen LogP contribution in [0.2, 0.25) is 0 Å². The molecule has 0 saturated heterocycles. The van der Waals surface area contributed by atoms with Crippen molar-refractivity contribution in [2.45, 2.75) is 0 Å². The summed E-state index contributed by atoms with van der Waals surface area (Å²) in [6.07, 6.45) is 0. The molecule has 1 aromatic carbocycles. The monoisotopic (exact) mass is 416 g/mol. The quantitative estimate of drug-likeness (QED) is 0.548. The number of benzene rings is 1. The highest BCUT2D eigenvalue weighted by Gasteiger charge is 2.19. The number of hydrogen-bond donors (Lipinski definition) is 0. The maximum Gasteiger partial charge on any atom is 0.342 e. The first-order chi connectivity index (χ1) is 10.6. The number of aromatic nitrogens is 2. The Morgan fingerprint density at radius 3 is 2.27 bits per heavy atom. The summed E-state index contributed by atoms with van der Waals surface area (Å²) in [6.45, 7) is 0. The summed E-state index contributed by atoms with van der Waals surface area (Å²) >= 11 is 2.02. The Kier molecular flexibility index (Phi) is 5.36. The van der Waals surface area contributed by atoms with Crippen molar-refractivity contribution in [1.29, 1.82) is 0 Å². The molecule has 22 heavy (non-hydrogen) atoms. The summed E-state index contributed by atoms with van der Waals surface area (Å²) in [5.41, 5.74) is 0.302. The molecule has 0 aliphatic heterocycles. The Balaban J connectivity index is 2.43. The number of methoxy groups -OCH3 is 3. The zero-order chi connectivity index (χ0) is 16.1. The highest BCUT2D eigenvalue weighted by molar-refractivity contribution is 14.1. The van der Waals surface area contributed by atoms with Gasteiger partial charge in [0.25, 0.3) is 0 Å². The summed E-state index contributed by atoms with van der Waals surface area (Å²) < 4.78 is 21.2. The van der Waals surface area contributed by atoms with Crippen molar-refractivity contribution < 1.29 is 23.7 Å². The van der Waals surface area contributed by atoms with E-state index in [1.807, 2.05) is 22.6 Å². The lowest BCUT2D eigenvalue weighted by atomic mass is 10.2. The molecule has 0 N–H and O–H groups in total. The van der Waals surface area contributed by atoms with E-state index >= 15 is 0 Å². The van der Waals surface area contributed by atoms with Crippen molar-refractivity contribution in [3.63, 3.8) is 0 Å². The molecule has 0 saturated carbocycles. The first-order valence-electron chi connectivity index (χ1n) is 6.10. The summed E-state index contributed by atoms with van der Waals surface area (Å²) in [6, 6.07) is 6.67. The molecule has 0 radical (unpaired) electrons. The van der Waals surface area contributed by atoms with Gasteiger partial charge < -0.3 is 18.9 Å².